The zero-order valence-corrected chi connectivity index (χ0v) is 30.2. The van der Waals surface area contributed by atoms with Gasteiger partial charge in [-0.25, -0.2) is 4.98 Å². The molecule has 0 spiro atoms. The summed E-state index contributed by atoms with van der Waals surface area (Å²) in [6, 6.07) is 61.7. The fourth-order valence-electron chi connectivity index (χ4n) is 8.21. The largest absolute Gasteiger partial charge is 0.309 e. The van der Waals surface area contributed by atoms with E-state index in [0.717, 1.165) is 83.8 Å². The number of para-hydroxylation sites is 2. The predicted octanol–water partition coefficient (Wildman–Crippen LogP) is 12.1. The first-order valence-corrected chi connectivity index (χ1v) is 18.7. The first-order valence-electron chi connectivity index (χ1n) is 18.7. The van der Waals surface area contributed by atoms with Crippen molar-refractivity contribution in [1.29, 1.82) is 0 Å². The summed E-state index contributed by atoms with van der Waals surface area (Å²) in [5.74, 6) is 0. The molecule has 6 heteroatoms. The van der Waals surface area contributed by atoms with Crippen LogP contribution in [0.3, 0.4) is 0 Å². The maximum atomic E-state index is 5.01. The summed E-state index contributed by atoms with van der Waals surface area (Å²) in [5, 5.41) is 3.54. The van der Waals surface area contributed by atoms with Crippen molar-refractivity contribution in [2.45, 2.75) is 0 Å². The Balaban J connectivity index is 1.09. The molecule has 0 unspecified atom stereocenters. The second-order valence-corrected chi connectivity index (χ2v) is 13.9. The van der Waals surface area contributed by atoms with Crippen molar-refractivity contribution in [3.05, 3.63) is 195 Å². The van der Waals surface area contributed by atoms with Gasteiger partial charge in [0, 0.05) is 46.1 Å². The van der Waals surface area contributed by atoms with Gasteiger partial charge in [0.05, 0.1) is 50.4 Å². The van der Waals surface area contributed by atoms with Crippen molar-refractivity contribution >= 4 is 43.7 Å². The van der Waals surface area contributed by atoms with Crippen LogP contribution in [0.5, 0.6) is 0 Å². The minimum atomic E-state index is 0.801. The minimum absolute atomic E-state index is 0.801. The molecule has 56 heavy (non-hydrogen) atoms. The lowest BCUT2D eigenvalue weighted by Crippen LogP contribution is -1.96. The van der Waals surface area contributed by atoms with Crippen LogP contribution in [0.15, 0.2) is 195 Å². The van der Waals surface area contributed by atoms with Gasteiger partial charge in [-0.3, -0.25) is 15.0 Å². The van der Waals surface area contributed by atoms with E-state index in [1.165, 1.54) is 16.3 Å². The average Bonchev–Trinajstić information content (AvgIpc) is 3.80. The Morgan fingerprint density at radius 1 is 0.339 bits per heavy atom. The lowest BCUT2D eigenvalue weighted by atomic mass is 9.98. The van der Waals surface area contributed by atoms with Crippen LogP contribution in [0.25, 0.3) is 100 Å². The summed E-state index contributed by atoms with van der Waals surface area (Å²) >= 11 is 0. The van der Waals surface area contributed by atoms with E-state index in [-0.39, 0.29) is 0 Å². The van der Waals surface area contributed by atoms with Gasteiger partial charge in [0.15, 0.2) is 0 Å². The van der Waals surface area contributed by atoms with Gasteiger partial charge < -0.3 is 9.13 Å². The summed E-state index contributed by atoms with van der Waals surface area (Å²) in [6.45, 7) is 0. The molecule has 262 valence electrons. The molecule has 0 saturated heterocycles. The van der Waals surface area contributed by atoms with Crippen molar-refractivity contribution in [2.75, 3.05) is 0 Å². The first-order chi connectivity index (χ1) is 27.8. The maximum absolute atomic E-state index is 5.01. The molecule has 11 aromatic rings. The number of fused-ring (bicyclic) bond motifs is 6. The maximum Gasteiger partial charge on any atom is 0.0963 e. The Labute approximate surface area is 322 Å². The van der Waals surface area contributed by atoms with E-state index >= 15 is 0 Å². The molecule has 0 N–H and O–H groups in total. The molecule has 11 rings (SSSR count). The van der Waals surface area contributed by atoms with Crippen molar-refractivity contribution in [2.24, 2.45) is 0 Å². The highest BCUT2D eigenvalue weighted by atomic mass is 15.0. The van der Waals surface area contributed by atoms with Gasteiger partial charge in [-0.15, -0.1) is 0 Å². The van der Waals surface area contributed by atoms with Crippen LogP contribution in [0, 0.1) is 0 Å². The first kappa shape index (κ1) is 31.8. The molecule has 0 amide bonds. The summed E-state index contributed by atoms with van der Waals surface area (Å²) in [5.41, 5.74) is 15.4. The highest BCUT2D eigenvalue weighted by molar-refractivity contribution is 6.17. The van der Waals surface area contributed by atoms with Gasteiger partial charge in [-0.2, -0.15) is 0 Å². The normalized spacial score (nSPS) is 11.6. The monoisotopic (exact) mass is 716 g/mol. The highest BCUT2D eigenvalue weighted by Gasteiger charge is 2.19. The Bertz CT molecular complexity index is 3180. The standard InChI is InChI=1S/C50H32N6/c1-2-14-36(15-3-1)55-46-25-24-34(30-40(46)50-48(55)23-12-28-53-50)38-18-11-22-47-49(38)39-17-4-5-21-45(39)56(47)37-16-10-13-33(29-37)35-31-43(41-19-6-8-26-51-41)54-44(32-35)42-20-7-9-27-52-42/h1-32H. The minimum Gasteiger partial charge on any atom is -0.309 e. The fraction of sp³-hybridized carbons (Fsp3) is 0. The van der Waals surface area contributed by atoms with Crippen molar-refractivity contribution in [3.8, 4) is 56.4 Å². The molecule has 5 aromatic carbocycles. The van der Waals surface area contributed by atoms with Gasteiger partial charge in [0.2, 0.25) is 0 Å². The van der Waals surface area contributed by atoms with Crippen LogP contribution >= 0.6 is 0 Å². The van der Waals surface area contributed by atoms with Crippen molar-refractivity contribution in [3.63, 3.8) is 0 Å². The van der Waals surface area contributed by atoms with Gasteiger partial charge in [-0.05, 0) is 119 Å². The van der Waals surface area contributed by atoms with E-state index in [1.807, 2.05) is 48.7 Å². The van der Waals surface area contributed by atoms with E-state index in [2.05, 4.69) is 153 Å². The van der Waals surface area contributed by atoms with Crippen molar-refractivity contribution in [1.82, 2.24) is 29.1 Å². The Hall–Kier alpha value is -7.70. The van der Waals surface area contributed by atoms with Crippen LogP contribution in [-0.2, 0) is 0 Å². The number of benzene rings is 5. The number of hydrogen-bond donors (Lipinski definition) is 0. The molecule has 6 nitrogen and oxygen atoms in total. The molecule has 0 aliphatic heterocycles. The third kappa shape index (κ3) is 5.19. The smallest absolute Gasteiger partial charge is 0.0963 e. The van der Waals surface area contributed by atoms with Gasteiger partial charge in [0.25, 0.3) is 0 Å². The van der Waals surface area contributed by atoms with Crippen LogP contribution < -0.4 is 0 Å². The molecule has 0 aliphatic rings. The van der Waals surface area contributed by atoms with Crippen LogP contribution in [0.1, 0.15) is 0 Å². The van der Waals surface area contributed by atoms with Gasteiger partial charge in [-0.1, -0.05) is 78.9 Å². The van der Waals surface area contributed by atoms with E-state index in [0.29, 0.717) is 0 Å². The summed E-state index contributed by atoms with van der Waals surface area (Å²) in [6.07, 6.45) is 5.50. The van der Waals surface area contributed by atoms with E-state index in [1.54, 1.807) is 12.4 Å². The zero-order valence-electron chi connectivity index (χ0n) is 30.2. The van der Waals surface area contributed by atoms with E-state index in [4.69, 9.17) is 9.97 Å². The second kappa shape index (κ2) is 13.0. The van der Waals surface area contributed by atoms with E-state index in [9.17, 15) is 0 Å². The van der Waals surface area contributed by atoms with Crippen LogP contribution in [0.4, 0.5) is 0 Å². The molecule has 0 bridgehead atoms. The average molecular weight is 717 g/mol. The summed E-state index contributed by atoms with van der Waals surface area (Å²) in [7, 11) is 0. The summed E-state index contributed by atoms with van der Waals surface area (Å²) < 4.78 is 4.70. The zero-order chi connectivity index (χ0) is 37.0. The topological polar surface area (TPSA) is 61.4 Å². The number of pyridine rings is 4. The third-order valence-corrected chi connectivity index (χ3v) is 10.7. The highest BCUT2D eigenvalue weighted by Crippen LogP contribution is 2.41. The Morgan fingerprint density at radius 3 is 1.77 bits per heavy atom. The molecule has 6 heterocycles. The number of rotatable bonds is 6. The number of nitrogens with zero attached hydrogens (tertiary/aromatic N) is 6. The Morgan fingerprint density at radius 2 is 0.982 bits per heavy atom. The lowest BCUT2D eigenvalue weighted by Gasteiger charge is -2.13. The fourth-order valence-corrected chi connectivity index (χ4v) is 8.21. The van der Waals surface area contributed by atoms with Crippen molar-refractivity contribution < 1.29 is 0 Å². The number of aromatic nitrogens is 6. The molecule has 0 fully saturated rings. The molecule has 0 saturated carbocycles. The third-order valence-electron chi connectivity index (χ3n) is 10.7. The molecule has 6 aromatic heterocycles. The SMILES string of the molecule is c1ccc(-n2c3ccc(-c4cccc5c4c4ccccc4n5-c4cccc(-c5cc(-c6ccccn6)nc(-c6ccccn6)c5)c4)cc3c3ncccc32)cc1. The van der Waals surface area contributed by atoms with Gasteiger partial charge in [0.1, 0.15) is 0 Å². The second-order valence-electron chi connectivity index (χ2n) is 13.9. The molecule has 0 aliphatic carbocycles. The van der Waals surface area contributed by atoms with Gasteiger partial charge >= 0.3 is 0 Å². The van der Waals surface area contributed by atoms with E-state index < -0.39 is 0 Å². The molecular weight excluding hydrogens is 685 g/mol. The predicted molar refractivity (Wildman–Crippen MR) is 228 cm³/mol. The number of hydrogen-bond acceptors (Lipinski definition) is 4. The molecular formula is C50H32N6. The molecule has 0 radical (unpaired) electrons. The quantitative estimate of drug-likeness (QED) is 0.172. The van der Waals surface area contributed by atoms with Crippen LogP contribution in [0.2, 0.25) is 0 Å². The Kier molecular flexibility index (Phi) is 7.38. The lowest BCUT2D eigenvalue weighted by molar-refractivity contribution is 1.18. The summed E-state index contributed by atoms with van der Waals surface area (Å²) in [4.78, 5) is 19.2. The van der Waals surface area contributed by atoms with Crippen LogP contribution in [-0.4, -0.2) is 29.1 Å². The molecule has 0 atom stereocenters.